The van der Waals surface area contributed by atoms with Crippen molar-refractivity contribution >= 4 is 29.3 Å². The van der Waals surface area contributed by atoms with E-state index in [0.29, 0.717) is 28.6 Å². The normalized spacial score (nSPS) is 11.9. The van der Waals surface area contributed by atoms with Crippen LogP contribution in [0.4, 0.5) is 10.5 Å². The predicted molar refractivity (Wildman–Crippen MR) is 98.3 cm³/mol. The average molecular weight is 380 g/mol. The number of halogens is 1. The molecule has 2 rings (SSSR count). The van der Waals surface area contributed by atoms with E-state index in [1.54, 1.807) is 31.5 Å². The van der Waals surface area contributed by atoms with E-state index in [0.717, 1.165) is 0 Å². The Bertz CT molecular complexity index is 790. The molecule has 140 valence electrons. The van der Waals surface area contributed by atoms with E-state index < -0.39 is 12.0 Å². The average Bonchev–Trinajstić information content (AvgIpc) is 3.04. The Morgan fingerprint density at radius 1 is 1.31 bits per heavy atom. The smallest absolute Gasteiger partial charge is 0.338 e. The molecule has 0 aliphatic carbocycles. The summed E-state index contributed by atoms with van der Waals surface area (Å²) >= 11 is 6.11. The molecule has 0 unspecified atom stereocenters. The largest absolute Gasteiger partial charge is 0.459 e. The van der Waals surface area contributed by atoms with E-state index in [4.69, 9.17) is 16.3 Å². The molecule has 0 saturated heterocycles. The van der Waals surface area contributed by atoms with Crippen LogP contribution in [0.15, 0.2) is 24.5 Å². The number of anilines is 1. The summed E-state index contributed by atoms with van der Waals surface area (Å²) in [6, 6.07) is 3.73. The predicted octanol–water partition coefficient (Wildman–Crippen LogP) is 3.40. The molecular weight excluding hydrogens is 358 g/mol. The van der Waals surface area contributed by atoms with Gasteiger partial charge >= 0.3 is 12.0 Å². The lowest BCUT2D eigenvalue weighted by atomic mass is 10.2. The Morgan fingerprint density at radius 2 is 2.04 bits per heavy atom. The zero-order chi connectivity index (χ0) is 19.3. The Labute approximate surface area is 156 Å². The number of aromatic nitrogens is 3. The van der Waals surface area contributed by atoms with Crippen molar-refractivity contribution in [2.24, 2.45) is 0 Å². The lowest BCUT2D eigenvalue weighted by Gasteiger charge is -2.16. The Balaban J connectivity index is 2.07. The molecule has 2 amide bonds. The van der Waals surface area contributed by atoms with Crippen molar-refractivity contribution in [3.63, 3.8) is 0 Å². The maximum Gasteiger partial charge on any atom is 0.338 e. The number of carbonyl (C=O) groups excluding carboxylic acids is 2. The summed E-state index contributed by atoms with van der Waals surface area (Å²) in [4.78, 5) is 28.4. The van der Waals surface area contributed by atoms with Crippen LogP contribution in [0.3, 0.4) is 0 Å². The van der Waals surface area contributed by atoms with E-state index >= 15 is 0 Å². The van der Waals surface area contributed by atoms with Crippen LogP contribution in [-0.4, -0.2) is 32.9 Å². The van der Waals surface area contributed by atoms with Crippen LogP contribution in [0.5, 0.6) is 0 Å². The van der Waals surface area contributed by atoms with Gasteiger partial charge in [0.15, 0.2) is 0 Å². The van der Waals surface area contributed by atoms with Crippen molar-refractivity contribution in [3.8, 4) is 0 Å². The molecule has 9 heteroatoms. The summed E-state index contributed by atoms with van der Waals surface area (Å²) in [5, 5.41) is 9.80. The number of amides is 2. The van der Waals surface area contributed by atoms with Crippen molar-refractivity contribution in [1.29, 1.82) is 0 Å². The highest BCUT2D eigenvalue weighted by atomic mass is 35.5. The van der Waals surface area contributed by atoms with E-state index in [1.807, 2.05) is 6.92 Å². The monoisotopic (exact) mass is 379 g/mol. The van der Waals surface area contributed by atoms with E-state index in [9.17, 15) is 9.59 Å². The molecule has 0 saturated carbocycles. The third kappa shape index (κ3) is 4.95. The first kappa shape index (κ1) is 19.7. The quantitative estimate of drug-likeness (QED) is 0.749. The second-order valence-electron chi connectivity index (χ2n) is 5.90. The first-order valence-electron chi connectivity index (χ1n) is 8.27. The highest BCUT2D eigenvalue weighted by Crippen LogP contribution is 2.24. The molecule has 1 heterocycles. The molecule has 1 aromatic carbocycles. The number of rotatable bonds is 6. The van der Waals surface area contributed by atoms with E-state index in [2.05, 4.69) is 20.7 Å². The van der Waals surface area contributed by atoms with Gasteiger partial charge < -0.3 is 15.4 Å². The molecule has 0 radical (unpaired) electrons. The van der Waals surface area contributed by atoms with Gasteiger partial charge in [-0.05, 0) is 45.9 Å². The third-order valence-corrected chi connectivity index (χ3v) is 3.80. The Hall–Kier alpha value is -2.61. The number of hydrogen-bond donors (Lipinski definition) is 2. The maximum atomic E-state index is 12.3. The van der Waals surface area contributed by atoms with Gasteiger partial charge in [0, 0.05) is 6.54 Å². The number of benzene rings is 1. The molecule has 2 aromatic rings. The second-order valence-corrected chi connectivity index (χ2v) is 6.31. The summed E-state index contributed by atoms with van der Waals surface area (Å²) in [7, 11) is 0. The lowest BCUT2D eigenvalue weighted by Crippen LogP contribution is -2.32. The van der Waals surface area contributed by atoms with Crippen LogP contribution in [0.1, 0.15) is 49.9 Å². The summed E-state index contributed by atoms with van der Waals surface area (Å²) < 4.78 is 6.84. The molecule has 8 nitrogen and oxygen atoms in total. The summed E-state index contributed by atoms with van der Waals surface area (Å²) in [6.07, 6.45) is 1.20. The molecule has 0 fully saturated rings. The lowest BCUT2D eigenvalue weighted by molar-refractivity contribution is 0.0378. The van der Waals surface area contributed by atoms with Gasteiger partial charge in [-0.2, -0.15) is 5.10 Å². The Kier molecular flexibility index (Phi) is 6.57. The SMILES string of the molecule is CCn1ncnc1[C@@H](C)NC(=O)Nc1cc(C(=O)OC(C)C)ccc1Cl. The van der Waals surface area contributed by atoms with Gasteiger partial charge in [-0.3, -0.25) is 0 Å². The fourth-order valence-electron chi connectivity index (χ4n) is 2.30. The molecule has 0 aliphatic rings. The second kappa shape index (κ2) is 8.66. The van der Waals surface area contributed by atoms with Gasteiger partial charge in [-0.25, -0.2) is 19.3 Å². The van der Waals surface area contributed by atoms with Crippen LogP contribution in [0.2, 0.25) is 5.02 Å². The van der Waals surface area contributed by atoms with Gasteiger partial charge in [-0.15, -0.1) is 0 Å². The van der Waals surface area contributed by atoms with E-state index in [-0.39, 0.29) is 12.1 Å². The summed E-state index contributed by atoms with van der Waals surface area (Å²) in [5.74, 6) is 0.160. The van der Waals surface area contributed by atoms with Crippen molar-refractivity contribution in [3.05, 3.63) is 40.9 Å². The summed E-state index contributed by atoms with van der Waals surface area (Å²) in [6.45, 7) is 7.91. The number of aryl methyl sites for hydroxylation is 1. The van der Waals surface area contributed by atoms with E-state index in [1.165, 1.54) is 18.5 Å². The van der Waals surface area contributed by atoms with Crippen LogP contribution in [0.25, 0.3) is 0 Å². The van der Waals surface area contributed by atoms with Crippen molar-refractivity contribution in [1.82, 2.24) is 20.1 Å². The minimum absolute atomic E-state index is 0.241. The van der Waals surface area contributed by atoms with Gasteiger partial charge in [0.2, 0.25) is 0 Å². The fraction of sp³-hybridized carbons (Fsp3) is 0.412. The van der Waals surface area contributed by atoms with Crippen molar-refractivity contribution < 1.29 is 14.3 Å². The first-order valence-corrected chi connectivity index (χ1v) is 8.65. The van der Waals surface area contributed by atoms with Crippen LogP contribution in [-0.2, 0) is 11.3 Å². The molecule has 1 atom stereocenters. The molecule has 0 spiro atoms. The molecular formula is C17H22ClN5O3. The van der Waals surface area contributed by atoms with Crippen molar-refractivity contribution in [2.45, 2.75) is 46.4 Å². The number of hydrogen-bond acceptors (Lipinski definition) is 5. The van der Waals surface area contributed by atoms with Gasteiger partial charge in [0.05, 0.1) is 28.4 Å². The van der Waals surface area contributed by atoms with Gasteiger partial charge in [0.25, 0.3) is 0 Å². The zero-order valence-electron chi connectivity index (χ0n) is 15.1. The van der Waals surface area contributed by atoms with Gasteiger partial charge in [0.1, 0.15) is 12.2 Å². The summed E-state index contributed by atoms with van der Waals surface area (Å²) in [5.41, 5.74) is 0.615. The highest BCUT2D eigenvalue weighted by Gasteiger charge is 2.17. The minimum Gasteiger partial charge on any atom is -0.459 e. The van der Waals surface area contributed by atoms with Crippen LogP contribution >= 0.6 is 11.6 Å². The maximum absolute atomic E-state index is 12.3. The molecule has 0 bridgehead atoms. The first-order chi connectivity index (χ1) is 12.3. The van der Waals surface area contributed by atoms with Crippen LogP contribution in [0, 0.1) is 0 Å². The topological polar surface area (TPSA) is 98.1 Å². The fourth-order valence-corrected chi connectivity index (χ4v) is 2.47. The van der Waals surface area contributed by atoms with Gasteiger partial charge in [-0.1, -0.05) is 11.6 Å². The van der Waals surface area contributed by atoms with Crippen LogP contribution < -0.4 is 10.6 Å². The number of esters is 1. The number of nitrogens with zero attached hydrogens (tertiary/aromatic N) is 3. The third-order valence-electron chi connectivity index (χ3n) is 3.47. The number of urea groups is 1. The zero-order valence-corrected chi connectivity index (χ0v) is 15.9. The minimum atomic E-state index is -0.482. The number of nitrogens with one attached hydrogen (secondary N) is 2. The molecule has 1 aromatic heterocycles. The number of ether oxygens (including phenoxy) is 1. The molecule has 26 heavy (non-hydrogen) atoms. The standard InChI is InChI=1S/C17H22ClN5O3/c1-5-23-15(19-9-20-23)11(4)21-17(25)22-14-8-12(6-7-13(14)18)16(24)26-10(2)3/h6-11H,5H2,1-4H3,(H2,21,22,25)/t11-/m1/s1. The highest BCUT2D eigenvalue weighted by molar-refractivity contribution is 6.33. The Morgan fingerprint density at radius 3 is 2.69 bits per heavy atom. The van der Waals surface area contributed by atoms with Crippen molar-refractivity contribution in [2.75, 3.05) is 5.32 Å². The molecule has 0 aliphatic heterocycles. The molecule has 2 N–H and O–H groups in total. The number of carbonyl (C=O) groups is 2.